The zero-order valence-electron chi connectivity index (χ0n) is 14.0. The molecule has 6 heteroatoms. The summed E-state index contributed by atoms with van der Waals surface area (Å²) in [4.78, 5) is 24.1. The summed E-state index contributed by atoms with van der Waals surface area (Å²) in [7, 11) is 1.21. The summed E-state index contributed by atoms with van der Waals surface area (Å²) in [5.74, 6) is -0.596. The van der Waals surface area contributed by atoms with Crippen LogP contribution < -0.4 is 5.32 Å². The van der Waals surface area contributed by atoms with Crippen LogP contribution in [0, 0.1) is 18.3 Å². The minimum Gasteiger partial charge on any atom is -0.465 e. The molecule has 0 atom stereocenters. The molecule has 0 spiro atoms. The number of nitrogens with one attached hydrogen (secondary N) is 1. The molecule has 1 aromatic heterocycles. The molecule has 1 heterocycles. The third kappa shape index (κ3) is 3.30. The van der Waals surface area contributed by atoms with Crippen LogP contribution in [0.15, 0.2) is 28.7 Å². The molecular weight excluding hydrogens is 308 g/mol. The number of esters is 1. The van der Waals surface area contributed by atoms with E-state index in [2.05, 4.69) is 23.9 Å². The lowest BCUT2D eigenvalue weighted by molar-refractivity contribution is 0.0598. The molecule has 1 N–H and O–H groups in total. The number of carbonyl (C=O) groups is 2. The van der Waals surface area contributed by atoms with Crippen molar-refractivity contribution in [1.29, 1.82) is 5.26 Å². The van der Waals surface area contributed by atoms with E-state index in [-0.39, 0.29) is 22.8 Å². The van der Waals surface area contributed by atoms with E-state index < -0.39 is 11.9 Å². The second-order valence-corrected chi connectivity index (χ2v) is 5.57. The van der Waals surface area contributed by atoms with Gasteiger partial charge in [-0.1, -0.05) is 26.0 Å². The molecule has 0 fully saturated rings. The maximum absolute atomic E-state index is 12.3. The molecule has 0 aliphatic carbocycles. The van der Waals surface area contributed by atoms with Gasteiger partial charge in [-0.25, -0.2) is 4.79 Å². The molecular formula is C18H18N2O4. The second-order valence-electron chi connectivity index (χ2n) is 5.57. The van der Waals surface area contributed by atoms with Crippen LogP contribution >= 0.6 is 0 Å². The Morgan fingerprint density at radius 2 is 1.88 bits per heavy atom. The summed E-state index contributed by atoms with van der Waals surface area (Å²) < 4.78 is 9.99. The van der Waals surface area contributed by atoms with Crippen molar-refractivity contribution in [1.82, 2.24) is 0 Å². The topological polar surface area (TPSA) is 92.3 Å². The number of ether oxygens (including phenoxy) is 1. The Hall–Kier alpha value is -3.07. The zero-order chi connectivity index (χ0) is 17.9. The highest BCUT2D eigenvalue weighted by Gasteiger charge is 2.25. The third-order valence-electron chi connectivity index (χ3n) is 3.65. The van der Waals surface area contributed by atoms with Gasteiger partial charge in [-0.2, -0.15) is 5.26 Å². The Balaban J connectivity index is 2.29. The summed E-state index contributed by atoms with van der Waals surface area (Å²) in [6.07, 6.45) is 0. The van der Waals surface area contributed by atoms with E-state index in [1.165, 1.54) is 14.0 Å². The van der Waals surface area contributed by atoms with Crippen LogP contribution in [-0.4, -0.2) is 19.0 Å². The van der Waals surface area contributed by atoms with Gasteiger partial charge in [-0.3, -0.25) is 10.1 Å². The predicted octanol–water partition coefficient (Wildman–Crippen LogP) is 3.62. The number of nitrogens with zero attached hydrogens (tertiary/aromatic N) is 1. The van der Waals surface area contributed by atoms with E-state index in [0.717, 1.165) is 5.56 Å². The van der Waals surface area contributed by atoms with Gasteiger partial charge >= 0.3 is 5.97 Å². The van der Waals surface area contributed by atoms with Crippen molar-refractivity contribution < 1.29 is 18.7 Å². The molecule has 0 aliphatic rings. The van der Waals surface area contributed by atoms with Crippen molar-refractivity contribution in [2.75, 3.05) is 12.4 Å². The number of nitriles is 1. The maximum atomic E-state index is 12.3. The number of hydrogen-bond acceptors (Lipinski definition) is 5. The lowest BCUT2D eigenvalue weighted by atomic mass is 10.0. The van der Waals surface area contributed by atoms with E-state index in [0.29, 0.717) is 11.5 Å². The summed E-state index contributed by atoms with van der Waals surface area (Å²) >= 11 is 0. The van der Waals surface area contributed by atoms with Crippen LogP contribution in [0.1, 0.15) is 57.4 Å². The van der Waals surface area contributed by atoms with E-state index in [1.807, 2.05) is 18.2 Å². The quantitative estimate of drug-likeness (QED) is 0.866. The summed E-state index contributed by atoms with van der Waals surface area (Å²) in [5, 5.41) is 11.8. The van der Waals surface area contributed by atoms with E-state index >= 15 is 0 Å². The third-order valence-corrected chi connectivity index (χ3v) is 3.65. The van der Waals surface area contributed by atoms with Crippen molar-refractivity contribution in [2.45, 2.75) is 26.7 Å². The van der Waals surface area contributed by atoms with Crippen molar-refractivity contribution in [3.05, 3.63) is 52.3 Å². The van der Waals surface area contributed by atoms with E-state index in [9.17, 15) is 14.9 Å². The maximum Gasteiger partial charge on any atom is 0.342 e. The number of carbonyl (C=O) groups excluding carboxylic acids is 2. The van der Waals surface area contributed by atoms with Gasteiger partial charge in [0.1, 0.15) is 23.0 Å². The molecule has 2 rings (SSSR count). The summed E-state index contributed by atoms with van der Waals surface area (Å²) in [6.45, 7) is 5.66. The number of furan rings is 1. The first-order valence-corrected chi connectivity index (χ1v) is 7.42. The SMILES string of the molecule is COC(=O)c1c(C)oc(NC(=O)c2ccc(C(C)C)cc2)c1C#N. The largest absolute Gasteiger partial charge is 0.465 e. The Morgan fingerprint density at radius 1 is 1.25 bits per heavy atom. The highest BCUT2D eigenvalue weighted by Crippen LogP contribution is 2.27. The zero-order valence-corrected chi connectivity index (χ0v) is 14.0. The van der Waals surface area contributed by atoms with Crippen LogP contribution in [0.3, 0.4) is 0 Å². The number of anilines is 1. The van der Waals surface area contributed by atoms with Crippen molar-refractivity contribution >= 4 is 17.8 Å². The monoisotopic (exact) mass is 326 g/mol. The lowest BCUT2D eigenvalue weighted by Gasteiger charge is -2.07. The molecule has 0 unspecified atom stereocenters. The highest BCUT2D eigenvalue weighted by atomic mass is 16.5. The molecule has 1 aromatic carbocycles. The molecule has 2 aromatic rings. The highest BCUT2D eigenvalue weighted by molar-refractivity contribution is 6.05. The fourth-order valence-electron chi connectivity index (χ4n) is 2.28. The van der Waals surface area contributed by atoms with E-state index in [4.69, 9.17) is 4.42 Å². The average Bonchev–Trinajstić information content (AvgIpc) is 2.89. The van der Waals surface area contributed by atoms with Crippen LogP contribution in [0.2, 0.25) is 0 Å². The minimum absolute atomic E-state index is 0.0189. The smallest absolute Gasteiger partial charge is 0.342 e. The Bertz CT molecular complexity index is 811. The molecule has 0 saturated carbocycles. The van der Waals surface area contributed by atoms with Crippen molar-refractivity contribution in [3.8, 4) is 6.07 Å². The molecule has 24 heavy (non-hydrogen) atoms. The van der Waals surface area contributed by atoms with Crippen LogP contribution in [0.4, 0.5) is 5.88 Å². The Morgan fingerprint density at radius 3 is 2.38 bits per heavy atom. The van der Waals surface area contributed by atoms with Gasteiger partial charge in [0.2, 0.25) is 5.88 Å². The minimum atomic E-state index is -0.686. The summed E-state index contributed by atoms with van der Waals surface area (Å²) in [6, 6.07) is 9.02. The molecule has 124 valence electrons. The molecule has 0 saturated heterocycles. The van der Waals surface area contributed by atoms with Crippen molar-refractivity contribution in [3.63, 3.8) is 0 Å². The number of benzene rings is 1. The summed E-state index contributed by atoms with van der Waals surface area (Å²) in [5.41, 5.74) is 1.51. The fraction of sp³-hybridized carbons (Fsp3) is 0.278. The fourth-order valence-corrected chi connectivity index (χ4v) is 2.28. The first kappa shape index (κ1) is 17.3. The number of methoxy groups -OCH3 is 1. The van der Waals surface area contributed by atoms with Crippen LogP contribution in [0.25, 0.3) is 0 Å². The first-order valence-electron chi connectivity index (χ1n) is 7.42. The van der Waals surface area contributed by atoms with Gasteiger partial charge in [0.15, 0.2) is 0 Å². The van der Waals surface area contributed by atoms with Gasteiger partial charge in [0, 0.05) is 5.56 Å². The van der Waals surface area contributed by atoms with Gasteiger partial charge in [-0.15, -0.1) is 0 Å². The number of rotatable bonds is 4. The second kappa shape index (κ2) is 7.01. The number of aryl methyl sites for hydroxylation is 1. The van der Waals surface area contributed by atoms with Crippen LogP contribution in [0.5, 0.6) is 0 Å². The van der Waals surface area contributed by atoms with Crippen molar-refractivity contribution in [2.24, 2.45) is 0 Å². The molecule has 0 aliphatic heterocycles. The molecule has 1 amide bonds. The Kier molecular flexibility index (Phi) is 5.05. The van der Waals surface area contributed by atoms with E-state index in [1.54, 1.807) is 12.1 Å². The normalized spacial score (nSPS) is 10.3. The molecule has 6 nitrogen and oxygen atoms in total. The van der Waals surface area contributed by atoms with Gasteiger partial charge in [-0.05, 0) is 30.5 Å². The average molecular weight is 326 g/mol. The lowest BCUT2D eigenvalue weighted by Crippen LogP contribution is -2.12. The van der Waals surface area contributed by atoms with Gasteiger partial charge in [0.25, 0.3) is 5.91 Å². The predicted molar refractivity (Wildman–Crippen MR) is 88.0 cm³/mol. The number of amides is 1. The standard InChI is InChI=1S/C18H18N2O4/c1-10(2)12-5-7-13(8-6-12)16(21)20-17-14(9-19)15(11(3)24-17)18(22)23-4/h5-8,10H,1-4H3,(H,20,21). The Labute approximate surface area is 140 Å². The van der Waals surface area contributed by atoms with Gasteiger partial charge < -0.3 is 9.15 Å². The molecule has 0 bridgehead atoms. The van der Waals surface area contributed by atoms with Crippen LogP contribution in [-0.2, 0) is 4.74 Å². The van der Waals surface area contributed by atoms with Gasteiger partial charge in [0.05, 0.1) is 7.11 Å². The molecule has 0 radical (unpaired) electrons. The number of hydrogen-bond donors (Lipinski definition) is 1. The first-order chi connectivity index (χ1) is 11.4.